The van der Waals surface area contributed by atoms with Crippen LogP contribution in [-0.4, -0.2) is 9.95 Å². The molecule has 1 heterocycles. The van der Waals surface area contributed by atoms with Gasteiger partial charge in [-0.15, -0.1) is 11.8 Å². The summed E-state index contributed by atoms with van der Waals surface area (Å²) in [5.41, 5.74) is 0. The zero-order valence-corrected chi connectivity index (χ0v) is 5.07. The van der Waals surface area contributed by atoms with Crippen molar-refractivity contribution in [2.75, 3.05) is 5.75 Å². The molecule has 0 aromatic rings. The van der Waals surface area contributed by atoms with Gasteiger partial charge in [0.15, 0.2) is 0 Å². The van der Waals surface area contributed by atoms with E-state index in [0.717, 1.165) is 0 Å². The topological polar surface area (TPSA) is 0 Å². The second-order valence-corrected chi connectivity index (χ2v) is 3.26. The largest absolute Gasteiger partial charge is 0.119 e. The van der Waals surface area contributed by atoms with Crippen molar-refractivity contribution < 1.29 is 0 Å². The fourth-order valence-electron chi connectivity index (χ4n) is 0.475. The minimum atomic E-state index is 1.18. The van der Waals surface area contributed by atoms with Gasteiger partial charge in [0.05, 0.1) is 0 Å². The Morgan fingerprint density at radius 1 is 1.67 bits per heavy atom. The van der Waals surface area contributed by atoms with E-state index in [-0.39, 0.29) is 0 Å². The van der Waals surface area contributed by atoms with Crippen molar-refractivity contribution in [2.24, 2.45) is 0 Å². The van der Waals surface area contributed by atoms with E-state index in [1.807, 2.05) is 11.8 Å². The molecule has 1 aliphatic heterocycles. The third-order valence-electron chi connectivity index (χ3n) is 0.788. The summed E-state index contributed by atoms with van der Waals surface area (Å²) in [5, 5.41) is 0. The quantitative estimate of drug-likeness (QED) is 0.445. The van der Waals surface area contributed by atoms with Crippen LogP contribution in [0.3, 0.4) is 0 Å². The smallest absolute Gasteiger partial charge is 0.0478 e. The Balaban J connectivity index is 2.37. The fourth-order valence-corrected chi connectivity index (χ4v) is 1.67. The van der Waals surface area contributed by atoms with E-state index in [4.69, 9.17) is 12.2 Å². The lowest BCUT2D eigenvalue weighted by molar-refractivity contribution is 1.05. The summed E-state index contributed by atoms with van der Waals surface area (Å²) in [7, 11) is 0. The number of hydrogen-bond donors (Lipinski definition) is 0. The first kappa shape index (κ1) is 4.60. The molecule has 0 radical (unpaired) electrons. The molecule has 2 heteroatoms. The molecule has 1 aliphatic rings. The van der Waals surface area contributed by atoms with E-state index >= 15 is 0 Å². The standard InChI is InChI=1S/C4H6S2/c5-4-2-1-3-6-4/h1-3H2. The van der Waals surface area contributed by atoms with Gasteiger partial charge in [0, 0.05) is 4.20 Å². The number of hydrogen-bond acceptors (Lipinski definition) is 2. The third-order valence-corrected chi connectivity index (χ3v) is 2.36. The van der Waals surface area contributed by atoms with Gasteiger partial charge in [0.25, 0.3) is 0 Å². The second-order valence-electron chi connectivity index (χ2n) is 1.32. The second kappa shape index (κ2) is 1.94. The van der Waals surface area contributed by atoms with Crippen molar-refractivity contribution in [2.45, 2.75) is 12.8 Å². The van der Waals surface area contributed by atoms with Gasteiger partial charge in [-0.25, -0.2) is 0 Å². The molecule has 1 saturated heterocycles. The highest BCUT2D eigenvalue weighted by Gasteiger charge is 2.03. The molecule has 0 aromatic carbocycles. The molecule has 1 fully saturated rings. The van der Waals surface area contributed by atoms with Crippen LogP contribution in [0.25, 0.3) is 0 Å². The van der Waals surface area contributed by atoms with Gasteiger partial charge in [-0.1, -0.05) is 12.2 Å². The zero-order valence-electron chi connectivity index (χ0n) is 3.44. The molecular weight excluding hydrogens is 112 g/mol. The molecular formula is C4H6S2. The van der Waals surface area contributed by atoms with Crippen molar-refractivity contribution in [3.63, 3.8) is 0 Å². The van der Waals surface area contributed by atoms with E-state index in [9.17, 15) is 0 Å². The summed E-state index contributed by atoms with van der Waals surface area (Å²) in [5.74, 6) is 1.26. The zero-order chi connectivity index (χ0) is 4.41. The molecule has 34 valence electrons. The van der Waals surface area contributed by atoms with Gasteiger partial charge in [-0.3, -0.25) is 0 Å². The van der Waals surface area contributed by atoms with E-state index < -0.39 is 0 Å². The molecule has 0 N–H and O–H groups in total. The lowest BCUT2D eigenvalue weighted by atomic mass is 10.4. The fraction of sp³-hybridized carbons (Fsp3) is 0.750. The van der Waals surface area contributed by atoms with Crippen LogP contribution in [-0.2, 0) is 0 Å². The highest BCUT2D eigenvalue weighted by molar-refractivity contribution is 8.23. The molecule has 0 spiro atoms. The van der Waals surface area contributed by atoms with Crippen LogP contribution in [0.15, 0.2) is 0 Å². The van der Waals surface area contributed by atoms with Crippen LogP contribution in [0.5, 0.6) is 0 Å². The highest BCUT2D eigenvalue weighted by Crippen LogP contribution is 2.19. The summed E-state index contributed by atoms with van der Waals surface area (Å²) >= 11 is 6.71. The summed E-state index contributed by atoms with van der Waals surface area (Å²) in [4.78, 5) is 0. The number of thioether (sulfide) groups is 1. The normalized spacial score (nSPS) is 22.3. The molecule has 0 atom stereocenters. The first-order valence-corrected chi connectivity index (χ1v) is 3.44. The van der Waals surface area contributed by atoms with Gasteiger partial charge in [0.2, 0.25) is 0 Å². The van der Waals surface area contributed by atoms with Crippen molar-refractivity contribution in [1.82, 2.24) is 0 Å². The predicted molar refractivity (Wildman–Crippen MR) is 34.3 cm³/mol. The summed E-state index contributed by atoms with van der Waals surface area (Å²) < 4.78 is 1.20. The van der Waals surface area contributed by atoms with E-state index in [1.54, 1.807) is 0 Å². The number of rotatable bonds is 0. The maximum absolute atomic E-state index is 4.88. The molecule has 0 nitrogen and oxygen atoms in total. The Morgan fingerprint density at radius 2 is 2.50 bits per heavy atom. The van der Waals surface area contributed by atoms with E-state index in [2.05, 4.69) is 0 Å². The molecule has 0 bridgehead atoms. The van der Waals surface area contributed by atoms with Crippen molar-refractivity contribution in [1.29, 1.82) is 0 Å². The lowest BCUT2D eigenvalue weighted by Crippen LogP contribution is -1.69. The molecule has 0 unspecified atom stereocenters. The van der Waals surface area contributed by atoms with Crippen molar-refractivity contribution >= 4 is 28.2 Å². The first-order valence-electron chi connectivity index (χ1n) is 2.05. The first-order chi connectivity index (χ1) is 2.89. The van der Waals surface area contributed by atoms with Crippen LogP contribution >= 0.6 is 24.0 Å². The SMILES string of the molecule is S=C1CCCS1. The van der Waals surface area contributed by atoms with Gasteiger partial charge >= 0.3 is 0 Å². The van der Waals surface area contributed by atoms with Crippen LogP contribution in [0.1, 0.15) is 12.8 Å². The lowest BCUT2D eigenvalue weighted by Gasteiger charge is -1.76. The Hall–Kier alpha value is 0.440. The Kier molecular flexibility index (Phi) is 1.48. The maximum atomic E-state index is 4.88. The average molecular weight is 118 g/mol. The minimum absolute atomic E-state index is 1.18. The van der Waals surface area contributed by atoms with Crippen molar-refractivity contribution in [3.8, 4) is 0 Å². The molecule has 0 amide bonds. The highest BCUT2D eigenvalue weighted by atomic mass is 32.2. The monoisotopic (exact) mass is 118 g/mol. The van der Waals surface area contributed by atoms with E-state index in [0.29, 0.717) is 0 Å². The van der Waals surface area contributed by atoms with Crippen LogP contribution in [0.2, 0.25) is 0 Å². The molecule has 0 aliphatic carbocycles. The summed E-state index contributed by atoms with van der Waals surface area (Å²) in [6.45, 7) is 0. The Bertz CT molecular complexity index is 59.9. The van der Waals surface area contributed by atoms with Crippen molar-refractivity contribution in [3.05, 3.63) is 0 Å². The summed E-state index contributed by atoms with van der Waals surface area (Å²) in [6.07, 6.45) is 2.49. The van der Waals surface area contributed by atoms with Crippen LogP contribution in [0.4, 0.5) is 0 Å². The van der Waals surface area contributed by atoms with Gasteiger partial charge in [0.1, 0.15) is 0 Å². The van der Waals surface area contributed by atoms with Gasteiger partial charge in [-0.2, -0.15) is 0 Å². The molecule has 6 heavy (non-hydrogen) atoms. The Labute approximate surface area is 47.3 Å². The maximum Gasteiger partial charge on any atom is 0.0478 e. The molecule has 0 saturated carbocycles. The average Bonchev–Trinajstić information content (AvgIpc) is 1.86. The van der Waals surface area contributed by atoms with Crippen LogP contribution in [0, 0.1) is 0 Å². The number of thiocarbonyl (C=S) groups is 1. The van der Waals surface area contributed by atoms with Gasteiger partial charge in [-0.05, 0) is 18.6 Å². The summed E-state index contributed by atoms with van der Waals surface area (Å²) in [6, 6.07) is 0. The predicted octanol–water partition coefficient (Wildman–Crippen LogP) is 1.84. The minimum Gasteiger partial charge on any atom is -0.119 e. The molecule has 1 rings (SSSR count). The molecule has 0 aromatic heterocycles. The van der Waals surface area contributed by atoms with Gasteiger partial charge < -0.3 is 0 Å². The van der Waals surface area contributed by atoms with Crippen LogP contribution < -0.4 is 0 Å². The van der Waals surface area contributed by atoms with E-state index in [1.165, 1.54) is 22.8 Å². The Morgan fingerprint density at radius 3 is 2.67 bits per heavy atom. The third kappa shape index (κ3) is 0.949.